The van der Waals surface area contributed by atoms with Crippen LogP contribution >= 0.6 is 0 Å². The predicted octanol–water partition coefficient (Wildman–Crippen LogP) is 3.40. The summed E-state index contributed by atoms with van der Waals surface area (Å²) in [5.74, 6) is -1.11. The van der Waals surface area contributed by atoms with Crippen LogP contribution in [0.3, 0.4) is 0 Å². The van der Waals surface area contributed by atoms with Gasteiger partial charge in [-0.05, 0) is 43.7 Å². The first-order valence-corrected chi connectivity index (χ1v) is 7.79. The van der Waals surface area contributed by atoms with E-state index in [9.17, 15) is 14.0 Å². The van der Waals surface area contributed by atoms with Crippen molar-refractivity contribution in [3.8, 4) is 5.75 Å². The number of carbonyl (C=O) groups is 2. The van der Waals surface area contributed by atoms with Crippen LogP contribution in [0, 0.1) is 25.6 Å². The summed E-state index contributed by atoms with van der Waals surface area (Å²) in [6.07, 6.45) is 0.0696. The molecule has 0 radical (unpaired) electrons. The van der Waals surface area contributed by atoms with Gasteiger partial charge in [-0.2, -0.15) is 0 Å². The number of ether oxygens (including phenoxy) is 1. The average molecular weight is 327 g/mol. The summed E-state index contributed by atoms with van der Waals surface area (Å²) in [5.41, 5.74) is 2.05. The number of aryl methyl sites for hydroxylation is 2. The highest BCUT2D eigenvalue weighted by molar-refractivity contribution is 5.99. The van der Waals surface area contributed by atoms with Gasteiger partial charge in [0.1, 0.15) is 11.6 Å². The Balaban J connectivity index is 1.70. The Labute approximate surface area is 139 Å². The van der Waals surface area contributed by atoms with Gasteiger partial charge in [-0.25, -0.2) is 4.39 Å². The molecule has 2 aromatic carbocycles. The Kier molecular flexibility index (Phi) is 4.34. The lowest BCUT2D eigenvalue weighted by molar-refractivity contribution is -0.139. The maximum atomic E-state index is 13.7. The second-order valence-corrected chi connectivity index (χ2v) is 6.07. The van der Waals surface area contributed by atoms with Crippen molar-refractivity contribution in [2.45, 2.75) is 20.3 Å². The van der Waals surface area contributed by atoms with Gasteiger partial charge in [0.25, 0.3) is 0 Å². The van der Waals surface area contributed by atoms with Crippen LogP contribution in [0.2, 0.25) is 0 Å². The smallest absolute Gasteiger partial charge is 0.316 e. The van der Waals surface area contributed by atoms with Crippen molar-refractivity contribution in [1.82, 2.24) is 0 Å². The van der Waals surface area contributed by atoms with Gasteiger partial charge in [0.2, 0.25) is 5.91 Å². The third kappa shape index (κ3) is 3.30. The largest absolute Gasteiger partial charge is 0.426 e. The van der Waals surface area contributed by atoms with Crippen molar-refractivity contribution < 1.29 is 18.7 Å². The van der Waals surface area contributed by atoms with E-state index in [1.54, 1.807) is 31.2 Å². The Bertz CT molecular complexity index is 786. The summed E-state index contributed by atoms with van der Waals surface area (Å²) in [6, 6.07) is 11.8. The zero-order valence-electron chi connectivity index (χ0n) is 13.6. The van der Waals surface area contributed by atoms with E-state index in [0.29, 0.717) is 17.0 Å². The van der Waals surface area contributed by atoms with E-state index in [-0.39, 0.29) is 24.7 Å². The van der Waals surface area contributed by atoms with E-state index in [1.165, 1.54) is 11.0 Å². The third-order valence-corrected chi connectivity index (χ3v) is 4.16. The molecule has 1 unspecified atom stereocenters. The minimum absolute atomic E-state index is 0.0696. The standard InChI is InChI=1S/C19H18FNO3/c1-12-3-7-16(8-4-12)24-19(23)14-9-18(22)21(11-14)15-6-5-13(2)17(20)10-15/h3-8,10,14H,9,11H2,1-2H3. The Hall–Kier alpha value is -2.69. The quantitative estimate of drug-likeness (QED) is 0.641. The molecule has 24 heavy (non-hydrogen) atoms. The summed E-state index contributed by atoms with van der Waals surface area (Å²) >= 11 is 0. The van der Waals surface area contributed by atoms with E-state index in [2.05, 4.69) is 0 Å². The fourth-order valence-corrected chi connectivity index (χ4v) is 2.67. The van der Waals surface area contributed by atoms with E-state index in [0.717, 1.165) is 5.56 Å². The lowest BCUT2D eigenvalue weighted by Crippen LogP contribution is -2.27. The van der Waals surface area contributed by atoms with Gasteiger partial charge in [-0.3, -0.25) is 9.59 Å². The number of hydrogen-bond donors (Lipinski definition) is 0. The summed E-state index contributed by atoms with van der Waals surface area (Å²) < 4.78 is 19.0. The van der Waals surface area contributed by atoms with E-state index in [1.807, 2.05) is 19.1 Å². The zero-order chi connectivity index (χ0) is 17.3. The maximum Gasteiger partial charge on any atom is 0.316 e. The molecular formula is C19H18FNO3. The molecule has 0 spiro atoms. The topological polar surface area (TPSA) is 46.6 Å². The third-order valence-electron chi connectivity index (χ3n) is 4.16. The monoisotopic (exact) mass is 327 g/mol. The second kappa shape index (κ2) is 6.43. The first-order valence-electron chi connectivity index (χ1n) is 7.79. The molecule has 0 aromatic heterocycles. The van der Waals surface area contributed by atoms with E-state index < -0.39 is 11.9 Å². The highest BCUT2D eigenvalue weighted by Gasteiger charge is 2.36. The molecular weight excluding hydrogens is 309 g/mol. The molecule has 1 amide bonds. The lowest BCUT2D eigenvalue weighted by Gasteiger charge is -2.17. The lowest BCUT2D eigenvalue weighted by atomic mass is 10.1. The Morgan fingerprint density at radius 3 is 2.54 bits per heavy atom. The number of rotatable bonds is 3. The first-order chi connectivity index (χ1) is 11.4. The summed E-state index contributed by atoms with van der Waals surface area (Å²) in [7, 11) is 0. The average Bonchev–Trinajstić information content (AvgIpc) is 2.94. The molecule has 0 saturated carbocycles. The minimum Gasteiger partial charge on any atom is -0.426 e. The zero-order valence-corrected chi connectivity index (χ0v) is 13.6. The van der Waals surface area contributed by atoms with Crippen LogP contribution in [0.15, 0.2) is 42.5 Å². The van der Waals surface area contributed by atoms with Crippen molar-refractivity contribution in [2.75, 3.05) is 11.4 Å². The van der Waals surface area contributed by atoms with Crippen LogP contribution in [-0.4, -0.2) is 18.4 Å². The molecule has 1 heterocycles. The van der Waals surface area contributed by atoms with Crippen LogP contribution in [0.1, 0.15) is 17.5 Å². The maximum absolute atomic E-state index is 13.7. The SMILES string of the molecule is Cc1ccc(OC(=O)C2CC(=O)N(c3ccc(C)c(F)c3)C2)cc1. The van der Waals surface area contributed by atoms with Crippen LogP contribution in [0.25, 0.3) is 0 Å². The van der Waals surface area contributed by atoms with Gasteiger partial charge in [0.15, 0.2) is 0 Å². The second-order valence-electron chi connectivity index (χ2n) is 6.07. The van der Waals surface area contributed by atoms with Crippen molar-refractivity contribution in [1.29, 1.82) is 0 Å². The van der Waals surface area contributed by atoms with E-state index >= 15 is 0 Å². The first kappa shape index (κ1) is 16.2. The molecule has 1 saturated heterocycles. The highest BCUT2D eigenvalue weighted by Crippen LogP contribution is 2.27. The number of nitrogens with zero attached hydrogens (tertiary/aromatic N) is 1. The number of hydrogen-bond acceptors (Lipinski definition) is 3. The highest BCUT2D eigenvalue weighted by atomic mass is 19.1. The minimum atomic E-state index is -0.553. The number of esters is 1. The number of amides is 1. The summed E-state index contributed by atoms with van der Waals surface area (Å²) in [4.78, 5) is 25.9. The molecule has 0 N–H and O–H groups in total. The summed E-state index contributed by atoms with van der Waals surface area (Å²) in [6.45, 7) is 3.80. The van der Waals surface area contributed by atoms with Crippen LogP contribution < -0.4 is 9.64 Å². The molecule has 0 bridgehead atoms. The number of halogens is 1. The molecule has 1 aliphatic heterocycles. The van der Waals surface area contributed by atoms with Gasteiger partial charge in [0, 0.05) is 18.7 Å². The Morgan fingerprint density at radius 1 is 1.17 bits per heavy atom. The molecule has 1 aliphatic rings. The molecule has 5 heteroatoms. The number of anilines is 1. The van der Waals surface area contributed by atoms with Gasteiger partial charge in [-0.15, -0.1) is 0 Å². The fraction of sp³-hybridized carbons (Fsp3) is 0.263. The predicted molar refractivity (Wildman–Crippen MR) is 88.4 cm³/mol. The van der Waals surface area contributed by atoms with Gasteiger partial charge in [0.05, 0.1) is 5.92 Å². The molecule has 1 fully saturated rings. The van der Waals surface area contributed by atoms with Crippen molar-refractivity contribution in [2.24, 2.45) is 5.92 Å². The molecule has 2 aromatic rings. The summed E-state index contributed by atoms with van der Waals surface area (Å²) in [5, 5.41) is 0. The van der Waals surface area contributed by atoms with Gasteiger partial charge in [-0.1, -0.05) is 23.8 Å². The number of carbonyl (C=O) groups excluding carboxylic acids is 2. The molecule has 4 nitrogen and oxygen atoms in total. The number of benzene rings is 2. The molecule has 124 valence electrons. The van der Waals surface area contributed by atoms with Gasteiger partial charge >= 0.3 is 5.97 Å². The van der Waals surface area contributed by atoms with Crippen LogP contribution in [0.5, 0.6) is 5.75 Å². The fourth-order valence-electron chi connectivity index (χ4n) is 2.67. The van der Waals surface area contributed by atoms with Crippen LogP contribution in [0.4, 0.5) is 10.1 Å². The van der Waals surface area contributed by atoms with Gasteiger partial charge < -0.3 is 9.64 Å². The molecule has 0 aliphatic carbocycles. The van der Waals surface area contributed by atoms with Crippen molar-refractivity contribution in [3.63, 3.8) is 0 Å². The Morgan fingerprint density at radius 2 is 1.88 bits per heavy atom. The van der Waals surface area contributed by atoms with Crippen LogP contribution in [-0.2, 0) is 9.59 Å². The molecule has 3 rings (SSSR count). The normalized spacial score (nSPS) is 17.2. The van der Waals surface area contributed by atoms with Crippen molar-refractivity contribution >= 4 is 17.6 Å². The van der Waals surface area contributed by atoms with E-state index in [4.69, 9.17) is 4.74 Å². The van der Waals surface area contributed by atoms with Crippen molar-refractivity contribution in [3.05, 3.63) is 59.4 Å². The molecule has 1 atom stereocenters.